The lowest BCUT2D eigenvalue weighted by molar-refractivity contribution is 0.864. The third-order valence-electron chi connectivity index (χ3n) is 1.12. The maximum atomic E-state index is 5.52. The van der Waals surface area contributed by atoms with Gasteiger partial charge in [-0.3, -0.25) is 0 Å². The third kappa shape index (κ3) is 3.22. The highest BCUT2D eigenvalue weighted by atomic mass is 35.6. The van der Waals surface area contributed by atoms with Crippen LogP contribution >= 0.6 is 69.6 Å². The van der Waals surface area contributed by atoms with Gasteiger partial charge in [-0.15, -0.1) is 0 Å². The average molecular weight is 302 g/mol. The van der Waals surface area contributed by atoms with E-state index in [1.54, 1.807) is 0 Å². The molecule has 0 amide bonds. The van der Waals surface area contributed by atoms with Gasteiger partial charge in [-0.25, -0.2) is 0 Å². The van der Waals surface area contributed by atoms with Crippen molar-refractivity contribution in [1.82, 2.24) is 5.43 Å². The molecule has 0 saturated heterocycles. The van der Waals surface area contributed by atoms with Gasteiger partial charge in [-0.2, -0.15) is 10.5 Å². The summed E-state index contributed by atoms with van der Waals surface area (Å²) < 4.78 is -3.30. The van der Waals surface area contributed by atoms with Crippen molar-refractivity contribution in [3.05, 3.63) is 11.8 Å². The van der Waals surface area contributed by atoms with Crippen molar-refractivity contribution in [3.8, 4) is 0 Å². The van der Waals surface area contributed by atoms with Crippen molar-refractivity contribution >= 4 is 75.3 Å². The van der Waals surface area contributed by atoms with Crippen molar-refractivity contribution in [2.45, 2.75) is 7.59 Å². The Balaban J connectivity index is 2.84. The summed E-state index contributed by atoms with van der Waals surface area (Å²) >= 11 is 33.1. The van der Waals surface area contributed by atoms with E-state index in [1.807, 2.05) is 0 Å². The molecule has 0 aromatic carbocycles. The van der Waals surface area contributed by atoms with Crippen molar-refractivity contribution in [2.75, 3.05) is 0 Å². The quantitative estimate of drug-likeness (QED) is 0.611. The Hall–Kier alpha value is 0.950. The minimum Gasteiger partial charge on any atom is -0.151 e. The van der Waals surface area contributed by atoms with Crippen LogP contribution in [0, 0.1) is 0 Å². The van der Waals surface area contributed by atoms with Gasteiger partial charge >= 0.3 is 0 Å². The first-order valence-corrected chi connectivity index (χ1v) is 5.13. The predicted molar refractivity (Wildman–Crippen MR) is 58.2 cm³/mol. The molecule has 13 heavy (non-hydrogen) atoms. The zero-order valence-electron chi connectivity index (χ0n) is 5.74. The van der Waals surface area contributed by atoms with Crippen LogP contribution in [0.2, 0.25) is 0 Å². The Kier molecular flexibility index (Phi) is 3.55. The molecule has 0 atom stereocenters. The summed E-state index contributed by atoms with van der Waals surface area (Å²) in [6.45, 7) is 0. The van der Waals surface area contributed by atoms with E-state index in [-0.39, 0.29) is 11.4 Å². The zero-order chi connectivity index (χ0) is 10.3. The molecule has 1 aliphatic rings. The molecule has 0 spiro atoms. The predicted octanol–water partition coefficient (Wildman–Crippen LogP) is 3.58. The summed E-state index contributed by atoms with van der Waals surface area (Å²) in [5.74, 6) is 0. The summed E-state index contributed by atoms with van der Waals surface area (Å²) in [7, 11) is 0. The molecule has 1 rings (SSSR count). The fourth-order valence-corrected chi connectivity index (χ4v) is 1.13. The largest absolute Gasteiger partial charge is 0.234 e. The molecule has 0 aliphatic carbocycles. The van der Waals surface area contributed by atoms with Gasteiger partial charge < -0.3 is 0 Å². The van der Waals surface area contributed by atoms with Gasteiger partial charge in [0, 0.05) is 0 Å². The van der Waals surface area contributed by atoms with Crippen LogP contribution in [0.4, 0.5) is 0 Å². The van der Waals surface area contributed by atoms with Crippen LogP contribution in [0.5, 0.6) is 0 Å². The van der Waals surface area contributed by atoms with Crippen LogP contribution < -0.4 is 5.43 Å². The summed E-state index contributed by atoms with van der Waals surface area (Å²) in [4.78, 5) is 0. The van der Waals surface area contributed by atoms with Crippen LogP contribution in [0.25, 0.3) is 0 Å². The molecule has 0 fully saturated rings. The summed E-state index contributed by atoms with van der Waals surface area (Å²) in [5, 5.41) is 3.55. The molecule has 0 aromatic rings. The molecule has 2 nitrogen and oxygen atoms in total. The Bertz CT molecular complexity index is 270. The molecular weight excluding hydrogens is 301 g/mol. The highest BCUT2D eigenvalue weighted by Gasteiger charge is 2.36. The van der Waals surface area contributed by atoms with E-state index in [4.69, 9.17) is 69.6 Å². The molecule has 1 aliphatic heterocycles. The molecule has 8 heteroatoms. The Morgan fingerprint density at radius 2 is 1.46 bits per heavy atom. The monoisotopic (exact) mass is 299 g/mol. The fourth-order valence-electron chi connectivity index (χ4n) is 0.572. The van der Waals surface area contributed by atoms with Crippen LogP contribution in [0.3, 0.4) is 0 Å². The maximum absolute atomic E-state index is 5.52. The molecule has 1 radical (unpaired) electrons. The van der Waals surface area contributed by atoms with Crippen LogP contribution in [-0.4, -0.2) is 13.3 Å². The number of alkyl halides is 6. The Morgan fingerprint density at radius 1 is 0.923 bits per heavy atom. The normalized spacial score (nSPS) is 18.0. The topological polar surface area (TPSA) is 26.5 Å². The van der Waals surface area contributed by atoms with Crippen molar-refractivity contribution in [2.24, 2.45) is 5.10 Å². The van der Waals surface area contributed by atoms with Crippen LogP contribution in [0.15, 0.2) is 16.9 Å². The standard InChI is InChI=1S/C5HCl6N2/c6-4(7,8)2-1-3(13-12-2)5(9,10)11/h1H. The number of hydrogen-bond acceptors (Lipinski definition) is 1. The SMILES string of the molecule is ClC(Cl)(Cl)C1=CC(C(Cl)(Cl)Cl)=N[N]1. The van der Waals surface area contributed by atoms with Gasteiger partial charge in [-0.05, 0) is 6.08 Å². The molecule has 0 unspecified atom stereocenters. The summed E-state index contributed by atoms with van der Waals surface area (Å²) in [5.41, 5.74) is 3.80. The smallest absolute Gasteiger partial charge is 0.151 e. The molecule has 0 saturated carbocycles. The van der Waals surface area contributed by atoms with E-state index < -0.39 is 7.59 Å². The van der Waals surface area contributed by atoms with Crippen LogP contribution in [0.1, 0.15) is 0 Å². The van der Waals surface area contributed by atoms with Gasteiger partial charge in [0.25, 0.3) is 0 Å². The average Bonchev–Trinajstić information content (AvgIpc) is 2.28. The highest BCUT2D eigenvalue weighted by molar-refractivity contribution is 6.78. The second-order valence-corrected chi connectivity index (χ2v) is 6.67. The number of rotatable bonds is 0. The van der Waals surface area contributed by atoms with Gasteiger partial charge in [0.2, 0.25) is 7.59 Å². The van der Waals surface area contributed by atoms with E-state index in [0.717, 1.165) is 0 Å². The third-order valence-corrected chi connectivity index (χ3v) is 2.28. The highest BCUT2D eigenvalue weighted by Crippen LogP contribution is 2.38. The fraction of sp³-hybridized carbons (Fsp3) is 0.400. The number of allylic oxidation sites excluding steroid dienone is 2. The van der Waals surface area contributed by atoms with Crippen molar-refractivity contribution < 1.29 is 0 Å². The van der Waals surface area contributed by atoms with Crippen LogP contribution in [-0.2, 0) is 0 Å². The van der Waals surface area contributed by atoms with E-state index in [1.165, 1.54) is 6.08 Å². The molecule has 0 bridgehead atoms. The minimum absolute atomic E-state index is 0.124. The lowest BCUT2D eigenvalue weighted by atomic mass is 10.3. The molecule has 0 N–H and O–H groups in total. The van der Waals surface area contributed by atoms with E-state index >= 15 is 0 Å². The maximum Gasteiger partial charge on any atom is 0.234 e. The second-order valence-electron chi connectivity index (χ2n) is 2.11. The molecular formula is C5HCl6N2. The van der Waals surface area contributed by atoms with E-state index in [0.29, 0.717) is 0 Å². The number of halogens is 6. The zero-order valence-corrected chi connectivity index (χ0v) is 10.3. The van der Waals surface area contributed by atoms with Crippen molar-refractivity contribution in [1.29, 1.82) is 0 Å². The van der Waals surface area contributed by atoms with Gasteiger partial charge in [0.1, 0.15) is 11.4 Å². The van der Waals surface area contributed by atoms with Gasteiger partial charge in [0.15, 0.2) is 0 Å². The van der Waals surface area contributed by atoms with Crippen molar-refractivity contribution in [3.63, 3.8) is 0 Å². The second kappa shape index (κ2) is 3.84. The Labute approximate surface area is 105 Å². The first-order valence-electron chi connectivity index (χ1n) is 2.86. The van der Waals surface area contributed by atoms with E-state index in [9.17, 15) is 0 Å². The summed E-state index contributed by atoms with van der Waals surface area (Å²) in [6, 6.07) is 0. The molecule has 0 aromatic heterocycles. The number of hydrogen-bond donors (Lipinski definition) is 0. The summed E-state index contributed by atoms with van der Waals surface area (Å²) in [6.07, 6.45) is 1.32. The lowest BCUT2D eigenvalue weighted by Gasteiger charge is -2.08. The molecule has 73 valence electrons. The first-order chi connectivity index (χ1) is 5.71. The van der Waals surface area contributed by atoms with Gasteiger partial charge in [-0.1, -0.05) is 69.6 Å². The lowest BCUT2D eigenvalue weighted by Crippen LogP contribution is -2.15. The molecule has 1 heterocycles. The van der Waals surface area contributed by atoms with E-state index in [2.05, 4.69) is 10.5 Å². The van der Waals surface area contributed by atoms with Gasteiger partial charge in [0.05, 0.1) is 0 Å². The number of nitrogens with zero attached hydrogens (tertiary/aromatic N) is 2. The minimum atomic E-state index is -1.65. The Morgan fingerprint density at radius 3 is 1.69 bits per heavy atom. The first kappa shape index (κ1) is 12.0.